The van der Waals surface area contributed by atoms with Crippen molar-refractivity contribution in [3.8, 4) is 5.88 Å². The first kappa shape index (κ1) is 15.2. The van der Waals surface area contributed by atoms with Gasteiger partial charge in [0, 0.05) is 25.3 Å². The fourth-order valence-corrected chi connectivity index (χ4v) is 3.33. The number of carbonyl (C=O) groups excluding carboxylic acids is 1. The Morgan fingerprint density at radius 2 is 2.22 bits per heavy atom. The molecule has 2 N–H and O–H groups in total. The molecule has 9 heteroatoms. The van der Waals surface area contributed by atoms with E-state index in [9.17, 15) is 19.5 Å². The lowest BCUT2D eigenvalue weighted by atomic mass is 10.0. The van der Waals surface area contributed by atoms with Crippen molar-refractivity contribution in [2.75, 3.05) is 0 Å². The number of thiophene rings is 1. The van der Waals surface area contributed by atoms with Crippen LogP contribution in [0.5, 0.6) is 5.88 Å². The molecule has 1 atom stereocenters. The molecule has 0 unspecified atom stereocenters. The van der Waals surface area contributed by atoms with Gasteiger partial charge in [0.2, 0.25) is 11.8 Å². The van der Waals surface area contributed by atoms with E-state index in [1.807, 2.05) is 17.5 Å². The molecule has 1 aliphatic heterocycles. The average molecular weight is 334 g/mol. The van der Waals surface area contributed by atoms with E-state index in [-0.39, 0.29) is 29.6 Å². The quantitative estimate of drug-likeness (QED) is 0.835. The molecular formula is C14H14N4O4S. The van der Waals surface area contributed by atoms with E-state index in [2.05, 4.69) is 10.1 Å². The van der Waals surface area contributed by atoms with Gasteiger partial charge in [-0.2, -0.15) is 5.10 Å². The van der Waals surface area contributed by atoms with Crippen LogP contribution in [-0.2, 0) is 11.8 Å². The number of nitrogens with zero attached hydrogens (tertiary/aromatic N) is 3. The molecule has 0 saturated heterocycles. The number of aromatic nitrogens is 2. The van der Waals surface area contributed by atoms with Crippen LogP contribution in [0.15, 0.2) is 32.2 Å². The average Bonchev–Trinajstić information content (AvgIpc) is 3.13. The molecule has 0 aliphatic carbocycles. The van der Waals surface area contributed by atoms with Gasteiger partial charge >= 0.3 is 5.69 Å². The highest BCUT2D eigenvalue weighted by Gasteiger charge is 2.34. The molecule has 1 aliphatic rings. The second-order valence-corrected chi connectivity index (χ2v) is 6.14. The summed E-state index contributed by atoms with van der Waals surface area (Å²) in [7, 11) is 1.34. The Bertz CT molecular complexity index is 910. The second kappa shape index (κ2) is 5.51. The van der Waals surface area contributed by atoms with Crippen molar-refractivity contribution in [2.45, 2.75) is 19.4 Å². The molecule has 120 valence electrons. The molecule has 0 saturated carbocycles. The van der Waals surface area contributed by atoms with Crippen LogP contribution in [0.25, 0.3) is 0 Å². The van der Waals surface area contributed by atoms with Crippen LogP contribution in [0.2, 0.25) is 0 Å². The lowest BCUT2D eigenvalue weighted by Crippen LogP contribution is -2.32. The number of hydrogen-bond acceptors (Lipinski definition) is 6. The molecule has 0 spiro atoms. The Kier molecular flexibility index (Phi) is 3.64. The third kappa shape index (κ3) is 2.48. The van der Waals surface area contributed by atoms with Crippen molar-refractivity contribution >= 4 is 23.0 Å². The van der Waals surface area contributed by atoms with Crippen LogP contribution in [0.1, 0.15) is 29.8 Å². The Morgan fingerprint density at radius 1 is 1.48 bits per heavy atom. The highest BCUT2D eigenvalue weighted by molar-refractivity contribution is 7.10. The summed E-state index contributed by atoms with van der Waals surface area (Å²) in [5, 5.41) is 17.5. The van der Waals surface area contributed by atoms with Crippen LogP contribution in [0.3, 0.4) is 0 Å². The lowest BCUT2D eigenvalue weighted by molar-refractivity contribution is -0.130. The maximum Gasteiger partial charge on any atom is 0.330 e. The number of amides is 1. The second-order valence-electron chi connectivity index (χ2n) is 5.16. The van der Waals surface area contributed by atoms with Gasteiger partial charge in [0.1, 0.15) is 5.56 Å². The summed E-state index contributed by atoms with van der Waals surface area (Å²) in [5.74, 6) is -0.730. The summed E-state index contributed by atoms with van der Waals surface area (Å²) in [6, 6.07) is 3.43. The van der Waals surface area contributed by atoms with Crippen LogP contribution in [0, 0.1) is 0 Å². The van der Waals surface area contributed by atoms with E-state index in [0.29, 0.717) is 0 Å². The largest absolute Gasteiger partial charge is 0.494 e. The topological polar surface area (TPSA) is 108 Å². The van der Waals surface area contributed by atoms with Crippen LogP contribution >= 0.6 is 11.3 Å². The zero-order valence-corrected chi connectivity index (χ0v) is 13.3. The van der Waals surface area contributed by atoms with Crippen LogP contribution in [-0.4, -0.2) is 31.3 Å². The normalized spacial score (nSPS) is 17.4. The predicted molar refractivity (Wildman–Crippen MR) is 84.7 cm³/mol. The maximum atomic E-state index is 12.1. The molecule has 2 aromatic heterocycles. The van der Waals surface area contributed by atoms with Crippen LogP contribution < -0.4 is 11.2 Å². The fraction of sp³-hybridized carbons (Fsp3) is 0.286. The van der Waals surface area contributed by atoms with Crippen LogP contribution in [0.4, 0.5) is 0 Å². The first-order valence-corrected chi connectivity index (χ1v) is 7.71. The van der Waals surface area contributed by atoms with E-state index < -0.39 is 17.1 Å². The molecule has 0 radical (unpaired) electrons. The lowest BCUT2D eigenvalue weighted by Gasteiger charge is -2.18. The van der Waals surface area contributed by atoms with Gasteiger partial charge in [0.25, 0.3) is 5.56 Å². The Morgan fingerprint density at radius 3 is 2.83 bits per heavy atom. The van der Waals surface area contributed by atoms with Crippen molar-refractivity contribution in [3.05, 3.63) is 48.8 Å². The first-order chi connectivity index (χ1) is 10.9. The van der Waals surface area contributed by atoms with E-state index >= 15 is 0 Å². The SMILES string of the molecule is CC(=O)N1N=C(c2c(O)n(C)c(=O)[nH]c2=O)C[C@@H]1c1cccs1. The molecule has 1 amide bonds. The van der Waals surface area contributed by atoms with Gasteiger partial charge in [-0.05, 0) is 11.4 Å². The summed E-state index contributed by atoms with van der Waals surface area (Å²) in [6.07, 6.45) is 0.287. The van der Waals surface area contributed by atoms with Crippen molar-refractivity contribution in [2.24, 2.45) is 12.1 Å². The highest BCUT2D eigenvalue weighted by Crippen LogP contribution is 2.35. The molecule has 0 fully saturated rings. The van der Waals surface area contributed by atoms with Crippen molar-refractivity contribution in [1.29, 1.82) is 0 Å². The number of rotatable bonds is 2. The molecule has 0 bridgehead atoms. The number of hydrogen-bond donors (Lipinski definition) is 2. The van der Waals surface area contributed by atoms with E-state index in [1.54, 1.807) is 0 Å². The molecule has 0 aromatic carbocycles. The van der Waals surface area contributed by atoms with Gasteiger partial charge in [-0.15, -0.1) is 11.3 Å². The van der Waals surface area contributed by atoms with E-state index in [4.69, 9.17) is 0 Å². The summed E-state index contributed by atoms with van der Waals surface area (Å²) in [5.41, 5.74) is -1.25. The molecule has 3 heterocycles. The number of hydrazone groups is 1. The van der Waals surface area contributed by atoms with E-state index in [0.717, 1.165) is 9.44 Å². The first-order valence-electron chi connectivity index (χ1n) is 6.83. The van der Waals surface area contributed by atoms with Gasteiger partial charge in [-0.25, -0.2) is 9.80 Å². The molecule has 8 nitrogen and oxygen atoms in total. The zero-order valence-electron chi connectivity index (χ0n) is 12.4. The van der Waals surface area contributed by atoms with Gasteiger partial charge in [-0.3, -0.25) is 19.1 Å². The number of H-pyrrole nitrogens is 1. The minimum atomic E-state index is -0.723. The van der Waals surface area contributed by atoms with Gasteiger partial charge < -0.3 is 5.11 Å². The minimum Gasteiger partial charge on any atom is -0.494 e. The zero-order chi connectivity index (χ0) is 16.7. The van der Waals surface area contributed by atoms with Gasteiger partial charge in [0.05, 0.1) is 11.8 Å². The number of aromatic hydroxyl groups is 1. The summed E-state index contributed by atoms with van der Waals surface area (Å²) >= 11 is 1.48. The Hall–Kier alpha value is -2.68. The third-order valence-corrected chi connectivity index (χ3v) is 4.66. The predicted octanol–water partition coefficient (Wildman–Crippen LogP) is 0.538. The van der Waals surface area contributed by atoms with Crippen molar-refractivity contribution in [3.63, 3.8) is 0 Å². The third-order valence-electron chi connectivity index (χ3n) is 3.69. The summed E-state index contributed by atoms with van der Waals surface area (Å²) < 4.78 is 0.926. The molecule has 2 aromatic rings. The van der Waals surface area contributed by atoms with Crippen molar-refractivity contribution in [1.82, 2.24) is 14.6 Å². The Labute approximate surface area is 134 Å². The molecular weight excluding hydrogens is 320 g/mol. The summed E-state index contributed by atoms with van der Waals surface area (Å²) in [4.78, 5) is 38.5. The smallest absolute Gasteiger partial charge is 0.330 e. The number of carbonyl (C=O) groups is 1. The monoisotopic (exact) mass is 334 g/mol. The van der Waals surface area contributed by atoms with Crippen molar-refractivity contribution < 1.29 is 9.90 Å². The fourth-order valence-electron chi connectivity index (χ4n) is 2.52. The number of nitrogens with one attached hydrogen (secondary N) is 1. The standard InChI is InChI=1S/C14H14N4O4S/c1-7(19)18-9(10-4-3-5-23-10)6-8(16-18)11-12(20)15-14(22)17(2)13(11)21/h3-5,9,21H,6H2,1-2H3,(H,15,20,22)/t9-/m1/s1. The summed E-state index contributed by atoms with van der Waals surface area (Å²) in [6.45, 7) is 1.39. The molecule has 23 heavy (non-hydrogen) atoms. The minimum absolute atomic E-state index is 0.0857. The number of aromatic amines is 1. The highest BCUT2D eigenvalue weighted by atomic mass is 32.1. The Balaban J connectivity index is 2.10. The van der Waals surface area contributed by atoms with Gasteiger partial charge in [0.15, 0.2) is 0 Å². The van der Waals surface area contributed by atoms with Gasteiger partial charge in [-0.1, -0.05) is 6.07 Å². The maximum absolute atomic E-state index is 12.1. The van der Waals surface area contributed by atoms with E-state index in [1.165, 1.54) is 30.3 Å². The molecule has 3 rings (SSSR count).